The van der Waals surface area contributed by atoms with E-state index >= 15 is 0 Å². The van der Waals surface area contributed by atoms with Gasteiger partial charge in [0.2, 0.25) is 5.91 Å². The minimum Gasteiger partial charge on any atom is -0.356 e. The van der Waals surface area contributed by atoms with Gasteiger partial charge in [0.25, 0.3) is 0 Å². The topological polar surface area (TPSA) is 71.2 Å². The molecule has 3 N–H and O–H groups in total. The molecule has 0 aliphatic carbocycles. The molecule has 0 saturated carbocycles. The first-order valence-corrected chi connectivity index (χ1v) is 7.79. The lowest BCUT2D eigenvalue weighted by molar-refractivity contribution is -0.126. The molecule has 2 rings (SSSR count). The first kappa shape index (κ1) is 15.8. The van der Waals surface area contributed by atoms with Crippen molar-refractivity contribution in [2.75, 3.05) is 18.0 Å². The van der Waals surface area contributed by atoms with Crippen LogP contribution in [0.1, 0.15) is 39.5 Å². The molecule has 1 saturated heterocycles. The second-order valence-electron chi connectivity index (χ2n) is 6.09. The van der Waals surface area contributed by atoms with Crippen LogP contribution in [0.4, 0.5) is 5.82 Å². The second-order valence-corrected chi connectivity index (χ2v) is 6.09. The van der Waals surface area contributed by atoms with Crippen molar-refractivity contribution in [3.8, 4) is 0 Å². The Bertz CT molecular complexity index is 453. The van der Waals surface area contributed by atoms with Crippen molar-refractivity contribution in [2.45, 2.75) is 51.1 Å². The lowest BCUT2D eigenvalue weighted by atomic mass is 9.95. The average molecular weight is 290 g/mol. The second kappa shape index (κ2) is 6.89. The summed E-state index contributed by atoms with van der Waals surface area (Å²) in [4.78, 5) is 18.8. The summed E-state index contributed by atoms with van der Waals surface area (Å²) in [6, 6.07) is 6.17. The van der Waals surface area contributed by atoms with Crippen LogP contribution in [0.2, 0.25) is 0 Å². The normalized spacial score (nSPS) is 19.1. The van der Waals surface area contributed by atoms with E-state index in [2.05, 4.69) is 15.2 Å². The molecular weight excluding hydrogens is 264 g/mol. The number of nitrogens with one attached hydrogen (secondary N) is 1. The summed E-state index contributed by atoms with van der Waals surface area (Å²) in [5, 5.41) is 3.10. The molecule has 0 spiro atoms. The van der Waals surface area contributed by atoms with Gasteiger partial charge in [-0.1, -0.05) is 19.4 Å². The van der Waals surface area contributed by atoms with Crippen LogP contribution in [-0.4, -0.2) is 35.6 Å². The highest BCUT2D eigenvalue weighted by molar-refractivity contribution is 5.85. The Morgan fingerprint density at radius 2 is 2.19 bits per heavy atom. The number of pyridine rings is 1. The number of anilines is 1. The molecule has 2 heterocycles. The van der Waals surface area contributed by atoms with Crippen LogP contribution in [0.15, 0.2) is 24.4 Å². The lowest BCUT2D eigenvalue weighted by Gasteiger charge is -2.34. The van der Waals surface area contributed by atoms with Crippen molar-refractivity contribution < 1.29 is 4.79 Å². The van der Waals surface area contributed by atoms with E-state index in [4.69, 9.17) is 5.73 Å². The Kier molecular flexibility index (Phi) is 5.17. The van der Waals surface area contributed by atoms with E-state index in [-0.39, 0.29) is 11.9 Å². The van der Waals surface area contributed by atoms with Crippen LogP contribution in [0.5, 0.6) is 0 Å². The predicted octanol–water partition coefficient (Wildman–Crippen LogP) is 1.68. The number of aromatic nitrogens is 1. The highest BCUT2D eigenvalue weighted by atomic mass is 16.2. The third kappa shape index (κ3) is 4.17. The van der Waals surface area contributed by atoms with E-state index in [1.54, 1.807) is 0 Å². The maximum absolute atomic E-state index is 12.2. The first-order valence-electron chi connectivity index (χ1n) is 7.79. The number of amides is 1. The molecule has 1 aliphatic rings. The van der Waals surface area contributed by atoms with Gasteiger partial charge in [0.05, 0.1) is 5.54 Å². The van der Waals surface area contributed by atoms with E-state index in [1.807, 2.05) is 38.2 Å². The highest BCUT2D eigenvalue weighted by Gasteiger charge is 2.30. The molecule has 1 aromatic rings. The summed E-state index contributed by atoms with van der Waals surface area (Å²) < 4.78 is 0. The quantitative estimate of drug-likeness (QED) is 0.865. The van der Waals surface area contributed by atoms with Crippen molar-refractivity contribution in [1.82, 2.24) is 10.3 Å². The molecule has 1 fully saturated rings. The van der Waals surface area contributed by atoms with Crippen molar-refractivity contribution in [2.24, 2.45) is 5.73 Å². The van der Waals surface area contributed by atoms with E-state index in [9.17, 15) is 4.79 Å². The Hall–Kier alpha value is -1.62. The van der Waals surface area contributed by atoms with Gasteiger partial charge in [0.15, 0.2) is 0 Å². The number of carbonyl (C=O) groups excluding carboxylic acids is 1. The number of nitrogens with zero attached hydrogens (tertiary/aromatic N) is 2. The van der Waals surface area contributed by atoms with Crippen LogP contribution in [0.25, 0.3) is 0 Å². The summed E-state index contributed by atoms with van der Waals surface area (Å²) in [5.74, 6) is 0.984. The van der Waals surface area contributed by atoms with Gasteiger partial charge >= 0.3 is 0 Å². The minimum absolute atomic E-state index is 0.0272. The number of nitrogens with two attached hydrogens (primary N) is 1. The summed E-state index contributed by atoms with van der Waals surface area (Å²) in [7, 11) is 0. The van der Waals surface area contributed by atoms with Gasteiger partial charge in [-0.05, 0) is 38.3 Å². The molecule has 1 aromatic heterocycles. The predicted molar refractivity (Wildman–Crippen MR) is 85.1 cm³/mol. The average Bonchev–Trinajstić information content (AvgIpc) is 2.49. The van der Waals surface area contributed by atoms with Crippen LogP contribution in [0.3, 0.4) is 0 Å². The fourth-order valence-electron chi connectivity index (χ4n) is 2.78. The molecule has 1 amide bonds. The zero-order valence-electron chi connectivity index (χ0n) is 13.0. The van der Waals surface area contributed by atoms with Gasteiger partial charge in [-0.2, -0.15) is 0 Å². The Balaban J connectivity index is 1.83. The maximum Gasteiger partial charge on any atom is 0.240 e. The number of hydrogen-bond donors (Lipinski definition) is 2. The van der Waals surface area contributed by atoms with Gasteiger partial charge in [-0.15, -0.1) is 0 Å². The monoisotopic (exact) mass is 290 g/mol. The molecule has 0 bridgehead atoms. The van der Waals surface area contributed by atoms with Crippen molar-refractivity contribution in [3.63, 3.8) is 0 Å². The van der Waals surface area contributed by atoms with Gasteiger partial charge in [-0.3, -0.25) is 4.79 Å². The molecular formula is C16H26N4O. The molecule has 5 nitrogen and oxygen atoms in total. The number of hydrogen-bond acceptors (Lipinski definition) is 4. The standard InChI is InChI=1S/C16H26N4O/c1-3-9-16(2,17)15(21)19-13-7-11-20(12-8-13)14-6-4-5-10-18-14/h4-6,10,13H,3,7-9,11-12,17H2,1-2H3,(H,19,21). The summed E-state index contributed by atoms with van der Waals surface area (Å²) >= 11 is 0. The maximum atomic E-state index is 12.2. The fourth-order valence-corrected chi connectivity index (χ4v) is 2.78. The third-order valence-electron chi connectivity index (χ3n) is 4.09. The van der Waals surface area contributed by atoms with E-state index in [0.717, 1.165) is 38.2 Å². The van der Waals surface area contributed by atoms with E-state index in [0.29, 0.717) is 6.42 Å². The van der Waals surface area contributed by atoms with Crippen LogP contribution >= 0.6 is 0 Å². The largest absolute Gasteiger partial charge is 0.356 e. The molecule has 116 valence electrons. The van der Waals surface area contributed by atoms with Crippen molar-refractivity contribution >= 4 is 11.7 Å². The molecule has 1 aliphatic heterocycles. The molecule has 0 radical (unpaired) electrons. The Labute approximate surface area is 126 Å². The summed E-state index contributed by atoms with van der Waals surface area (Å²) in [6.07, 6.45) is 5.31. The number of rotatable bonds is 5. The van der Waals surface area contributed by atoms with Gasteiger partial charge in [-0.25, -0.2) is 4.98 Å². The van der Waals surface area contributed by atoms with Gasteiger partial charge < -0.3 is 16.0 Å². The summed E-state index contributed by atoms with van der Waals surface area (Å²) in [6.45, 7) is 5.69. The van der Waals surface area contributed by atoms with Crippen molar-refractivity contribution in [1.29, 1.82) is 0 Å². The van der Waals surface area contributed by atoms with Crippen LogP contribution in [-0.2, 0) is 4.79 Å². The SMILES string of the molecule is CCCC(C)(N)C(=O)NC1CCN(c2ccccn2)CC1. The van der Waals surface area contributed by atoms with E-state index < -0.39 is 5.54 Å². The Morgan fingerprint density at radius 1 is 1.48 bits per heavy atom. The zero-order valence-corrected chi connectivity index (χ0v) is 13.0. The smallest absolute Gasteiger partial charge is 0.240 e. The molecule has 5 heteroatoms. The van der Waals surface area contributed by atoms with Crippen molar-refractivity contribution in [3.05, 3.63) is 24.4 Å². The van der Waals surface area contributed by atoms with Crippen LogP contribution in [0, 0.1) is 0 Å². The van der Waals surface area contributed by atoms with Gasteiger partial charge in [0, 0.05) is 25.3 Å². The van der Waals surface area contributed by atoms with Gasteiger partial charge in [0.1, 0.15) is 5.82 Å². The molecule has 1 unspecified atom stereocenters. The number of carbonyl (C=O) groups is 1. The van der Waals surface area contributed by atoms with E-state index in [1.165, 1.54) is 0 Å². The molecule has 1 atom stereocenters. The number of piperidine rings is 1. The zero-order chi connectivity index (χ0) is 15.3. The fraction of sp³-hybridized carbons (Fsp3) is 0.625. The highest BCUT2D eigenvalue weighted by Crippen LogP contribution is 2.18. The minimum atomic E-state index is -0.757. The van der Waals surface area contributed by atoms with Crippen LogP contribution < -0.4 is 16.0 Å². The first-order chi connectivity index (χ1) is 10.0. The molecule has 0 aromatic carbocycles. The molecule has 21 heavy (non-hydrogen) atoms. The summed E-state index contributed by atoms with van der Waals surface area (Å²) in [5.41, 5.74) is 5.32. The lowest BCUT2D eigenvalue weighted by Crippen LogP contribution is -2.55. The third-order valence-corrected chi connectivity index (χ3v) is 4.09. The Morgan fingerprint density at radius 3 is 2.76 bits per heavy atom.